The Kier molecular flexibility index (Phi) is 5.90. The second-order valence-electron chi connectivity index (χ2n) is 5.38. The smallest absolute Gasteiger partial charge is 0.180 e. The fourth-order valence-electron chi connectivity index (χ4n) is 1.92. The lowest BCUT2D eigenvalue weighted by molar-refractivity contribution is -0.118. The van der Waals surface area contributed by atoms with Gasteiger partial charge in [0.2, 0.25) is 0 Å². The van der Waals surface area contributed by atoms with E-state index in [9.17, 15) is 4.79 Å². The first kappa shape index (κ1) is 16.4. The number of rotatable bonds is 7. The summed E-state index contributed by atoms with van der Waals surface area (Å²) in [6.45, 7) is 4.37. The van der Waals surface area contributed by atoms with Crippen LogP contribution in [0.4, 0.5) is 5.69 Å². The molecule has 0 saturated carbocycles. The van der Waals surface area contributed by atoms with Crippen LogP contribution in [-0.2, 0) is 4.79 Å². The highest BCUT2D eigenvalue weighted by molar-refractivity contribution is 8.00. The van der Waals surface area contributed by atoms with Gasteiger partial charge in [-0.05, 0) is 35.7 Å². The van der Waals surface area contributed by atoms with Crippen LogP contribution in [0.2, 0.25) is 0 Å². The number of Topliss-reactive ketones (excluding diaryl/α,β-unsaturated/α-hetero) is 1. The minimum atomic E-state index is 0.0428. The molecule has 2 aromatic carbocycles. The highest BCUT2D eigenvalue weighted by atomic mass is 32.2. The fraction of sp³-hybridized carbons (Fsp3) is 0.278. The fourth-order valence-corrected chi connectivity index (χ4v) is 2.73. The van der Waals surface area contributed by atoms with Gasteiger partial charge in [-0.3, -0.25) is 4.79 Å². The summed E-state index contributed by atoms with van der Waals surface area (Å²) in [6.07, 6.45) is 0. The predicted octanol–water partition coefficient (Wildman–Crippen LogP) is 4.13. The molecule has 22 heavy (non-hydrogen) atoms. The molecular formula is C18H21NO2S. The largest absolute Gasteiger partial charge is 0.486 e. The first-order chi connectivity index (χ1) is 10.6. The number of benzene rings is 2. The van der Waals surface area contributed by atoms with Crippen molar-refractivity contribution in [2.75, 3.05) is 18.1 Å². The molecule has 2 aromatic rings. The van der Waals surface area contributed by atoms with Crippen LogP contribution in [0.3, 0.4) is 0 Å². The van der Waals surface area contributed by atoms with E-state index in [0.29, 0.717) is 17.4 Å². The van der Waals surface area contributed by atoms with Crippen molar-refractivity contribution in [2.45, 2.75) is 24.7 Å². The van der Waals surface area contributed by atoms with Gasteiger partial charge in [0.1, 0.15) is 12.4 Å². The average molecular weight is 315 g/mol. The van der Waals surface area contributed by atoms with E-state index in [0.717, 1.165) is 10.6 Å². The number of anilines is 1. The summed E-state index contributed by atoms with van der Waals surface area (Å²) in [5.74, 6) is 1.62. The van der Waals surface area contributed by atoms with Gasteiger partial charge in [0.05, 0.1) is 5.75 Å². The number of hydrogen-bond acceptors (Lipinski definition) is 4. The number of nitrogens with two attached hydrogens (primary N) is 1. The van der Waals surface area contributed by atoms with Gasteiger partial charge in [-0.15, -0.1) is 11.8 Å². The maximum absolute atomic E-state index is 11.9. The van der Waals surface area contributed by atoms with Crippen LogP contribution >= 0.6 is 11.8 Å². The topological polar surface area (TPSA) is 52.3 Å². The lowest BCUT2D eigenvalue weighted by Gasteiger charge is -2.09. The Labute approximate surface area is 135 Å². The zero-order chi connectivity index (χ0) is 15.9. The average Bonchev–Trinajstić information content (AvgIpc) is 2.52. The molecule has 0 bridgehead atoms. The van der Waals surface area contributed by atoms with Crippen molar-refractivity contribution in [3.63, 3.8) is 0 Å². The number of para-hydroxylation sites is 1. The molecular weight excluding hydrogens is 294 g/mol. The summed E-state index contributed by atoms with van der Waals surface area (Å²) in [7, 11) is 0. The summed E-state index contributed by atoms with van der Waals surface area (Å²) >= 11 is 1.44. The zero-order valence-corrected chi connectivity index (χ0v) is 13.7. The molecule has 2 N–H and O–H groups in total. The molecule has 0 aliphatic heterocycles. The predicted molar refractivity (Wildman–Crippen MR) is 92.6 cm³/mol. The van der Waals surface area contributed by atoms with Crippen LogP contribution in [0.1, 0.15) is 25.3 Å². The highest BCUT2D eigenvalue weighted by Gasteiger charge is 2.07. The van der Waals surface area contributed by atoms with Crippen LogP contribution in [0.25, 0.3) is 0 Å². The number of carbonyl (C=O) groups excluding carboxylic acids is 1. The quantitative estimate of drug-likeness (QED) is 0.616. The van der Waals surface area contributed by atoms with Crippen LogP contribution in [-0.4, -0.2) is 18.1 Å². The minimum Gasteiger partial charge on any atom is -0.486 e. The van der Waals surface area contributed by atoms with Crippen LogP contribution in [0.15, 0.2) is 53.4 Å². The molecule has 0 unspecified atom stereocenters. The molecule has 116 valence electrons. The van der Waals surface area contributed by atoms with E-state index in [2.05, 4.69) is 13.8 Å². The van der Waals surface area contributed by atoms with Crippen molar-refractivity contribution >= 4 is 23.2 Å². The molecule has 0 saturated heterocycles. The SMILES string of the molecule is CC(C)c1ccc(OCC(=O)CSc2ccccc2N)cc1. The van der Waals surface area contributed by atoms with E-state index in [4.69, 9.17) is 10.5 Å². The molecule has 0 atom stereocenters. The maximum atomic E-state index is 11.9. The number of hydrogen-bond donors (Lipinski definition) is 1. The van der Waals surface area contributed by atoms with Gasteiger partial charge in [-0.1, -0.05) is 38.1 Å². The molecule has 0 aliphatic rings. The van der Waals surface area contributed by atoms with E-state index in [1.165, 1.54) is 17.3 Å². The van der Waals surface area contributed by atoms with E-state index in [-0.39, 0.29) is 12.4 Å². The number of ether oxygens (including phenoxy) is 1. The summed E-state index contributed by atoms with van der Waals surface area (Å²) in [5, 5.41) is 0. The second-order valence-corrected chi connectivity index (χ2v) is 6.39. The number of ketones is 1. The Bertz CT molecular complexity index is 623. The van der Waals surface area contributed by atoms with E-state index >= 15 is 0 Å². The third-order valence-electron chi connectivity index (χ3n) is 3.25. The first-order valence-corrected chi connectivity index (χ1v) is 8.26. The lowest BCUT2D eigenvalue weighted by atomic mass is 10.0. The molecule has 0 fully saturated rings. The molecule has 2 rings (SSSR count). The minimum absolute atomic E-state index is 0.0428. The van der Waals surface area contributed by atoms with Gasteiger partial charge >= 0.3 is 0 Å². The lowest BCUT2D eigenvalue weighted by Crippen LogP contribution is -2.13. The Hall–Kier alpha value is -1.94. The van der Waals surface area contributed by atoms with Gasteiger partial charge in [0, 0.05) is 10.6 Å². The van der Waals surface area contributed by atoms with Crippen molar-refractivity contribution in [2.24, 2.45) is 0 Å². The molecule has 3 nitrogen and oxygen atoms in total. The van der Waals surface area contributed by atoms with E-state index in [1.54, 1.807) is 0 Å². The van der Waals surface area contributed by atoms with Gasteiger partial charge in [0.15, 0.2) is 5.78 Å². The number of carbonyl (C=O) groups is 1. The van der Waals surface area contributed by atoms with Gasteiger partial charge in [-0.25, -0.2) is 0 Å². The summed E-state index contributed by atoms with van der Waals surface area (Å²) in [4.78, 5) is 12.8. The van der Waals surface area contributed by atoms with Crippen LogP contribution in [0, 0.1) is 0 Å². The zero-order valence-electron chi connectivity index (χ0n) is 12.9. The molecule has 0 heterocycles. The van der Waals surface area contributed by atoms with Crippen LogP contribution in [0.5, 0.6) is 5.75 Å². The highest BCUT2D eigenvalue weighted by Crippen LogP contribution is 2.24. The van der Waals surface area contributed by atoms with E-state index in [1.807, 2.05) is 48.5 Å². The van der Waals surface area contributed by atoms with Crippen molar-refractivity contribution in [3.8, 4) is 5.75 Å². The van der Waals surface area contributed by atoms with Crippen molar-refractivity contribution in [1.29, 1.82) is 0 Å². The standard InChI is InChI=1S/C18H21NO2S/c1-13(2)14-7-9-16(10-8-14)21-11-15(20)12-22-18-6-4-3-5-17(18)19/h3-10,13H,11-12,19H2,1-2H3. The Morgan fingerprint density at radius 3 is 2.45 bits per heavy atom. The Morgan fingerprint density at radius 1 is 1.14 bits per heavy atom. The van der Waals surface area contributed by atoms with Crippen molar-refractivity contribution < 1.29 is 9.53 Å². The summed E-state index contributed by atoms with van der Waals surface area (Å²) < 4.78 is 5.53. The van der Waals surface area contributed by atoms with Crippen molar-refractivity contribution in [3.05, 3.63) is 54.1 Å². The third kappa shape index (κ3) is 4.81. The summed E-state index contributed by atoms with van der Waals surface area (Å²) in [6, 6.07) is 15.4. The molecule has 0 spiro atoms. The number of thioether (sulfide) groups is 1. The Morgan fingerprint density at radius 2 is 1.82 bits per heavy atom. The van der Waals surface area contributed by atoms with Gasteiger partial charge < -0.3 is 10.5 Å². The normalized spacial score (nSPS) is 10.7. The monoisotopic (exact) mass is 315 g/mol. The molecule has 4 heteroatoms. The molecule has 0 aromatic heterocycles. The Balaban J connectivity index is 1.79. The maximum Gasteiger partial charge on any atom is 0.180 e. The first-order valence-electron chi connectivity index (χ1n) is 7.28. The number of nitrogen functional groups attached to an aromatic ring is 1. The molecule has 0 amide bonds. The van der Waals surface area contributed by atoms with Gasteiger partial charge in [-0.2, -0.15) is 0 Å². The molecule has 0 aliphatic carbocycles. The van der Waals surface area contributed by atoms with Crippen LogP contribution < -0.4 is 10.5 Å². The second kappa shape index (κ2) is 7.90. The third-order valence-corrected chi connectivity index (χ3v) is 4.40. The van der Waals surface area contributed by atoms with Crippen molar-refractivity contribution in [1.82, 2.24) is 0 Å². The van der Waals surface area contributed by atoms with Gasteiger partial charge in [0.25, 0.3) is 0 Å². The van der Waals surface area contributed by atoms with E-state index < -0.39 is 0 Å². The molecule has 0 radical (unpaired) electrons. The summed E-state index contributed by atoms with van der Waals surface area (Å²) in [5.41, 5.74) is 7.80.